The predicted molar refractivity (Wildman–Crippen MR) is 78.8 cm³/mol. The Bertz CT molecular complexity index is 525. The Morgan fingerprint density at radius 2 is 2.06 bits per heavy atom. The average molecular weight is 374 g/mol. The summed E-state index contributed by atoms with van der Waals surface area (Å²) >= 11 is 6.97. The fraction of sp³-hybridized carbons (Fsp3) is 0.333. The van der Waals surface area contributed by atoms with Gasteiger partial charge in [0.15, 0.2) is 0 Å². The van der Waals surface area contributed by atoms with Gasteiger partial charge in [0.1, 0.15) is 0 Å². The molecule has 0 fully saturated rings. The number of hydrogen-bond donors (Lipinski definition) is 1. The maximum atomic E-state index is 5.47. The molecule has 0 bridgehead atoms. The number of aromatic nitrogens is 3. The molecule has 6 heteroatoms. The molecule has 0 aliphatic heterocycles. The summed E-state index contributed by atoms with van der Waals surface area (Å²) in [6.45, 7) is 0.727. The Kier molecular flexibility index (Phi) is 4.91. The fourth-order valence-electron chi connectivity index (χ4n) is 1.64. The minimum atomic E-state index is 0.727. The highest BCUT2D eigenvalue weighted by molar-refractivity contribution is 9.11. The van der Waals surface area contributed by atoms with Crippen LogP contribution in [-0.4, -0.2) is 21.5 Å². The first kappa shape index (κ1) is 13.7. The van der Waals surface area contributed by atoms with Crippen LogP contribution >= 0.6 is 31.9 Å². The number of halogens is 2. The molecular weight excluding hydrogens is 360 g/mol. The zero-order valence-electron chi connectivity index (χ0n) is 9.81. The molecular formula is C12H14Br2N4. The van der Waals surface area contributed by atoms with Crippen LogP contribution in [0.2, 0.25) is 0 Å². The van der Waals surface area contributed by atoms with Gasteiger partial charge in [0.25, 0.3) is 0 Å². The van der Waals surface area contributed by atoms with Gasteiger partial charge >= 0.3 is 0 Å². The first-order chi connectivity index (χ1) is 8.70. The average Bonchev–Trinajstić information content (AvgIpc) is 2.81. The van der Waals surface area contributed by atoms with Crippen LogP contribution in [-0.2, 0) is 6.42 Å². The molecule has 0 aliphatic rings. The van der Waals surface area contributed by atoms with E-state index in [9.17, 15) is 0 Å². The normalized spacial score (nSPS) is 10.8. The molecule has 2 N–H and O–H groups in total. The molecule has 0 saturated heterocycles. The molecule has 2 aromatic rings. The molecule has 4 nitrogen and oxygen atoms in total. The molecule has 0 aliphatic carbocycles. The number of unbranched alkanes of at least 4 members (excludes halogenated alkanes) is 1. The SMILES string of the molecule is NCCCCc1cn(-c2cc(Br)ccc2Br)nn1. The molecule has 0 atom stereocenters. The standard InChI is InChI=1S/C12H14Br2N4/c13-9-4-5-11(14)12(7-9)18-8-10(16-17-18)3-1-2-6-15/h4-5,7-8H,1-3,6,15H2. The van der Waals surface area contributed by atoms with E-state index in [0.717, 1.165) is 46.1 Å². The van der Waals surface area contributed by atoms with Crippen molar-refractivity contribution in [1.82, 2.24) is 15.0 Å². The summed E-state index contributed by atoms with van der Waals surface area (Å²) in [6, 6.07) is 5.96. The molecule has 0 saturated carbocycles. The van der Waals surface area contributed by atoms with Gasteiger partial charge in [-0.15, -0.1) is 5.10 Å². The van der Waals surface area contributed by atoms with Crippen LogP contribution in [0.3, 0.4) is 0 Å². The van der Waals surface area contributed by atoms with Crippen molar-refractivity contribution in [3.8, 4) is 5.69 Å². The Hall–Kier alpha value is -0.720. The second-order valence-electron chi connectivity index (χ2n) is 4.00. The van der Waals surface area contributed by atoms with Gasteiger partial charge in [-0.2, -0.15) is 0 Å². The zero-order valence-corrected chi connectivity index (χ0v) is 13.0. The third-order valence-electron chi connectivity index (χ3n) is 2.58. The van der Waals surface area contributed by atoms with Crippen molar-refractivity contribution in [3.63, 3.8) is 0 Å². The van der Waals surface area contributed by atoms with Gasteiger partial charge < -0.3 is 5.73 Å². The van der Waals surface area contributed by atoms with E-state index >= 15 is 0 Å². The minimum Gasteiger partial charge on any atom is -0.330 e. The van der Waals surface area contributed by atoms with E-state index in [1.807, 2.05) is 24.4 Å². The fourth-order valence-corrected chi connectivity index (χ4v) is 2.42. The third kappa shape index (κ3) is 3.40. The lowest BCUT2D eigenvalue weighted by atomic mass is 10.2. The lowest BCUT2D eigenvalue weighted by Gasteiger charge is -2.03. The molecule has 0 spiro atoms. The highest BCUT2D eigenvalue weighted by atomic mass is 79.9. The minimum absolute atomic E-state index is 0.727. The summed E-state index contributed by atoms with van der Waals surface area (Å²) in [6.07, 6.45) is 4.95. The molecule has 0 unspecified atom stereocenters. The molecule has 96 valence electrons. The molecule has 1 aromatic heterocycles. The summed E-state index contributed by atoms with van der Waals surface area (Å²) in [5, 5.41) is 8.32. The second kappa shape index (κ2) is 6.45. The van der Waals surface area contributed by atoms with Gasteiger partial charge in [0.2, 0.25) is 0 Å². The number of nitrogens with zero attached hydrogens (tertiary/aromatic N) is 3. The molecule has 2 rings (SSSR count). The highest BCUT2D eigenvalue weighted by Crippen LogP contribution is 2.24. The summed E-state index contributed by atoms with van der Waals surface area (Å²) in [5.41, 5.74) is 7.44. The summed E-state index contributed by atoms with van der Waals surface area (Å²) < 4.78 is 3.79. The summed E-state index contributed by atoms with van der Waals surface area (Å²) in [5.74, 6) is 0. The van der Waals surface area contributed by atoms with Gasteiger partial charge in [-0.3, -0.25) is 0 Å². The number of benzene rings is 1. The van der Waals surface area contributed by atoms with Crippen LogP contribution in [0.4, 0.5) is 0 Å². The zero-order chi connectivity index (χ0) is 13.0. The second-order valence-corrected chi connectivity index (χ2v) is 5.77. The topological polar surface area (TPSA) is 56.7 Å². The van der Waals surface area contributed by atoms with Gasteiger partial charge in [-0.25, -0.2) is 4.68 Å². The predicted octanol–water partition coefficient (Wildman–Crippen LogP) is 3.07. The van der Waals surface area contributed by atoms with Gasteiger partial charge in [-0.1, -0.05) is 21.1 Å². The van der Waals surface area contributed by atoms with E-state index < -0.39 is 0 Å². The monoisotopic (exact) mass is 372 g/mol. The van der Waals surface area contributed by atoms with E-state index in [2.05, 4.69) is 42.2 Å². The van der Waals surface area contributed by atoms with E-state index in [0.29, 0.717) is 0 Å². The van der Waals surface area contributed by atoms with Crippen molar-refractivity contribution in [2.45, 2.75) is 19.3 Å². The Morgan fingerprint density at radius 1 is 1.22 bits per heavy atom. The van der Waals surface area contributed by atoms with Crippen molar-refractivity contribution in [3.05, 3.63) is 39.0 Å². The van der Waals surface area contributed by atoms with E-state index in [1.165, 1.54) is 0 Å². The summed E-state index contributed by atoms with van der Waals surface area (Å²) in [4.78, 5) is 0. The molecule has 0 radical (unpaired) electrons. The molecule has 18 heavy (non-hydrogen) atoms. The molecule has 1 heterocycles. The Morgan fingerprint density at radius 3 is 2.83 bits per heavy atom. The van der Waals surface area contributed by atoms with Crippen molar-refractivity contribution >= 4 is 31.9 Å². The molecule has 1 aromatic carbocycles. The van der Waals surface area contributed by atoms with Crippen molar-refractivity contribution < 1.29 is 0 Å². The smallest absolute Gasteiger partial charge is 0.0831 e. The van der Waals surface area contributed by atoms with E-state index in [-0.39, 0.29) is 0 Å². The Balaban J connectivity index is 2.16. The maximum Gasteiger partial charge on any atom is 0.0831 e. The van der Waals surface area contributed by atoms with Crippen molar-refractivity contribution in [2.24, 2.45) is 5.73 Å². The first-order valence-corrected chi connectivity index (χ1v) is 7.36. The molecule has 0 amide bonds. The van der Waals surface area contributed by atoms with Crippen molar-refractivity contribution in [2.75, 3.05) is 6.54 Å². The van der Waals surface area contributed by atoms with Crippen LogP contribution in [0, 0.1) is 0 Å². The van der Waals surface area contributed by atoms with Crippen LogP contribution < -0.4 is 5.73 Å². The van der Waals surface area contributed by atoms with Gasteiger partial charge in [0.05, 0.1) is 17.6 Å². The van der Waals surface area contributed by atoms with Crippen molar-refractivity contribution in [1.29, 1.82) is 0 Å². The summed E-state index contributed by atoms with van der Waals surface area (Å²) in [7, 11) is 0. The highest BCUT2D eigenvalue weighted by Gasteiger charge is 2.06. The number of nitrogens with two attached hydrogens (primary N) is 1. The quantitative estimate of drug-likeness (QED) is 0.819. The number of rotatable bonds is 5. The lowest BCUT2D eigenvalue weighted by molar-refractivity contribution is 0.727. The van der Waals surface area contributed by atoms with Crippen LogP contribution in [0.25, 0.3) is 5.69 Å². The van der Waals surface area contributed by atoms with Crippen LogP contribution in [0.5, 0.6) is 0 Å². The van der Waals surface area contributed by atoms with Crippen LogP contribution in [0.15, 0.2) is 33.3 Å². The lowest BCUT2D eigenvalue weighted by Crippen LogP contribution is -1.99. The van der Waals surface area contributed by atoms with Gasteiger partial charge in [-0.05, 0) is 59.9 Å². The van der Waals surface area contributed by atoms with E-state index in [4.69, 9.17) is 5.73 Å². The number of aryl methyl sites for hydroxylation is 1. The Labute approximate surface area is 123 Å². The number of hydrogen-bond acceptors (Lipinski definition) is 3. The maximum absolute atomic E-state index is 5.47. The first-order valence-electron chi connectivity index (χ1n) is 5.77. The van der Waals surface area contributed by atoms with Crippen LogP contribution in [0.1, 0.15) is 18.5 Å². The van der Waals surface area contributed by atoms with Gasteiger partial charge in [0, 0.05) is 8.95 Å². The van der Waals surface area contributed by atoms with E-state index in [1.54, 1.807) is 4.68 Å². The largest absolute Gasteiger partial charge is 0.330 e. The third-order valence-corrected chi connectivity index (χ3v) is 3.75.